The third-order valence-corrected chi connectivity index (χ3v) is 2.73. The van der Waals surface area contributed by atoms with Crippen molar-refractivity contribution in [2.75, 3.05) is 5.32 Å². The van der Waals surface area contributed by atoms with Gasteiger partial charge in [-0.1, -0.05) is 35.9 Å². The van der Waals surface area contributed by atoms with Crippen LogP contribution in [0.2, 0.25) is 5.02 Å². The standard InChI is InChI=1S/C15H12ClFN2O/c16-12-7-5-11(6-8-12)9-10-18-15(20)19-14-4-2-1-3-13(14)17/h1-10H,(H2,18,19,20)/b10-9+. The van der Waals surface area contributed by atoms with E-state index < -0.39 is 11.8 Å². The quantitative estimate of drug-likeness (QED) is 0.871. The fourth-order valence-electron chi connectivity index (χ4n) is 1.51. The molecule has 0 atom stereocenters. The van der Waals surface area contributed by atoms with Gasteiger partial charge in [-0.15, -0.1) is 0 Å². The Morgan fingerprint density at radius 1 is 1.10 bits per heavy atom. The van der Waals surface area contributed by atoms with Crippen molar-refractivity contribution in [3.05, 3.63) is 71.1 Å². The van der Waals surface area contributed by atoms with Crippen LogP contribution < -0.4 is 10.6 Å². The highest BCUT2D eigenvalue weighted by atomic mass is 35.5. The largest absolute Gasteiger partial charge is 0.323 e. The Kier molecular flexibility index (Phi) is 4.74. The van der Waals surface area contributed by atoms with E-state index in [4.69, 9.17) is 11.6 Å². The van der Waals surface area contributed by atoms with Crippen LogP contribution in [-0.2, 0) is 0 Å². The van der Waals surface area contributed by atoms with Gasteiger partial charge >= 0.3 is 6.03 Å². The summed E-state index contributed by atoms with van der Waals surface area (Å²) in [6.07, 6.45) is 3.18. The highest BCUT2D eigenvalue weighted by Crippen LogP contribution is 2.12. The first-order valence-corrected chi connectivity index (χ1v) is 6.27. The number of anilines is 1. The molecule has 0 heterocycles. The second kappa shape index (κ2) is 6.73. The average molecular weight is 291 g/mol. The molecule has 0 radical (unpaired) electrons. The van der Waals surface area contributed by atoms with Crippen LogP contribution >= 0.6 is 11.6 Å². The lowest BCUT2D eigenvalue weighted by molar-refractivity contribution is 0.255. The fraction of sp³-hybridized carbons (Fsp3) is 0. The zero-order valence-corrected chi connectivity index (χ0v) is 11.2. The van der Waals surface area contributed by atoms with Crippen LogP contribution in [0.3, 0.4) is 0 Å². The van der Waals surface area contributed by atoms with Gasteiger partial charge < -0.3 is 10.6 Å². The fourth-order valence-corrected chi connectivity index (χ4v) is 1.63. The summed E-state index contributed by atoms with van der Waals surface area (Å²) in [7, 11) is 0. The highest BCUT2D eigenvalue weighted by Gasteiger charge is 2.03. The number of nitrogens with one attached hydrogen (secondary N) is 2. The van der Waals surface area contributed by atoms with Crippen LogP contribution in [-0.4, -0.2) is 6.03 Å². The van der Waals surface area contributed by atoms with Crippen LogP contribution in [0.5, 0.6) is 0 Å². The molecule has 2 amide bonds. The van der Waals surface area contributed by atoms with Crippen molar-refractivity contribution in [3.63, 3.8) is 0 Å². The first kappa shape index (κ1) is 14.1. The number of hydrogen-bond acceptors (Lipinski definition) is 1. The summed E-state index contributed by atoms with van der Waals surface area (Å²) in [5.41, 5.74) is 1.02. The van der Waals surface area contributed by atoms with E-state index in [1.54, 1.807) is 30.3 Å². The van der Waals surface area contributed by atoms with Gasteiger partial charge in [0.15, 0.2) is 0 Å². The average Bonchev–Trinajstić information content (AvgIpc) is 2.44. The van der Waals surface area contributed by atoms with Gasteiger partial charge in [0.1, 0.15) is 5.82 Å². The van der Waals surface area contributed by atoms with Crippen molar-refractivity contribution in [1.29, 1.82) is 0 Å². The Labute approximate surface area is 121 Å². The Morgan fingerprint density at radius 3 is 2.50 bits per heavy atom. The summed E-state index contributed by atoms with van der Waals surface area (Å²) < 4.78 is 13.3. The number of carbonyl (C=O) groups is 1. The minimum atomic E-state index is -0.514. The molecule has 0 saturated heterocycles. The van der Waals surface area contributed by atoms with Crippen molar-refractivity contribution < 1.29 is 9.18 Å². The molecular formula is C15H12ClFN2O. The van der Waals surface area contributed by atoms with E-state index in [-0.39, 0.29) is 5.69 Å². The van der Waals surface area contributed by atoms with Crippen LogP contribution in [0, 0.1) is 5.82 Å². The predicted octanol–water partition coefficient (Wildman–Crippen LogP) is 4.27. The molecule has 0 spiro atoms. The summed E-state index contributed by atoms with van der Waals surface area (Å²) in [5, 5.41) is 5.55. The SMILES string of the molecule is O=C(N/C=C/c1ccc(Cl)cc1)Nc1ccccc1F. The summed E-state index contributed by atoms with van der Waals surface area (Å²) in [6, 6.07) is 12.6. The summed E-state index contributed by atoms with van der Waals surface area (Å²) in [5.74, 6) is -0.482. The predicted molar refractivity (Wildman–Crippen MR) is 79.0 cm³/mol. The number of rotatable bonds is 3. The third-order valence-electron chi connectivity index (χ3n) is 2.48. The molecule has 0 fully saturated rings. The van der Waals surface area contributed by atoms with Crippen molar-refractivity contribution in [1.82, 2.24) is 5.32 Å². The Bertz CT molecular complexity index is 626. The minimum absolute atomic E-state index is 0.130. The zero-order chi connectivity index (χ0) is 14.4. The maximum atomic E-state index is 13.3. The van der Waals surface area contributed by atoms with Gasteiger partial charge in [0, 0.05) is 11.2 Å². The van der Waals surface area contributed by atoms with E-state index in [0.717, 1.165) is 5.56 Å². The normalized spacial score (nSPS) is 10.5. The summed E-state index contributed by atoms with van der Waals surface area (Å²) in [6.45, 7) is 0. The molecule has 20 heavy (non-hydrogen) atoms. The van der Waals surface area contributed by atoms with Gasteiger partial charge in [0.25, 0.3) is 0 Å². The Balaban J connectivity index is 1.89. The van der Waals surface area contributed by atoms with E-state index in [1.807, 2.05) is 12.1 Å². The molecule has 2 N–H and O–H groups in total. The summed E-state index contributed by atoms with van der Waals surface area (Å²) in [4.78, 5) is 11.5. The molecule has 2 aromatic carbocycles. The molecule has 0 unspecified atom stereocenters. The van der Waals surface area contributed by atoms with Crippen LogP contribution in [0.1, 0.15) is 5.56 Å². The van der Waals surface area contributed by atoms with Crippen molar-refractivity contribution >= 4 is 29.4 Å². The molecule has 0 bridgehead atoms. The van der Waals surface area contributed by atoms with E-state index in [1.165, 1.54) is 18.3 Å². The third kappa shape index (κ3) is 4.10. The van der Waals surface area contributed by atoms with Gasteiger partial charge in [0.2, 0.25) is 0 Å². The minimum Gasteiger partial charge on any atom is -0.314 e. The Morgan fingerprint density at radius 2 is 1.80 bits per heavy atom. The number of benzene rings is 2. The smallest absolute Gasteiger partial charge is 0.314 e. The Hall–Kier alpha value is -2.33. The first-order valence-electron chi connectivity index (χ1n) is 5.89. The lowest BCUT2D eigenvalue weighted by Gasteiger charge is -2.05. The second-order valence-electron chi connectivity index (χ2n) is 3.96. The van der Waals surface area contributed by atoms with Gasteiger partial charge in [-0.3, -0.25) is 0 Å². The van der Waals surface area contributed by atoms with Gasteiger partial charge in [-0.2, -0.15) is 0 Å². The molecule has 0 saturated carbocycles. The monoisotopic (exact) mass is 290 g/mol. The molecule has 0 aliphatic carbocycles. The van der Waals surface area contributed by atoms with Crippen molar-refractivity contribution in [2.24, 2.45) is 0 Å². The zero-order valence-electron chi connectivity index (χ0n) is 10.4. The number of amides is 2. The molecule has 0 aliphatic rings. The molecular weight excluding hydrogens is 279 g/mol. The topological polar surface area (TPSA) is 41.1 Å². The number of carbonyl (C=O) groups excluding carboxylic acids is 1. The second-order valence-corrected chi connectivity index (χ2v) is 4.40. The number of urea groups is 1. The van der Waals surface area contributed by atoms with Crippen LogP contribution in [0.25, 0.3) is 6.08 Å². The maximum absolute atomic E-state index is 13.3. The molecule has 0 aromatic heterocycles. The van der Waals surface area contributed by atoms with E-state index in [9.17, 15) is 9.18 Å². The molecule has 3 nitrogen and oxygen atoms in total. The molecule has 5 heteroatoms. The van der Waals surface area contributed by atoms with Gasteiger partial charge in [-0.25, -0.2) is 9.18 Å². The first-order chi connectivity index (χ1) is 9.65. The molecule has 102 valence electrons. The molecule has 0 aliphatic heterocycles. The number of halogens is 2. The number of hydrogen-bond donors (Lipinski definition) is 2. The molecule has 2 rings (SSSR count). The van der Waals surface area contributed by atoms with Crippen molar-refractivity contribution in [3.8, 4) is 0 Å². The van der Waals surface area contributed by atoms with E-state index >= 15 is 0 Å². The molecule has 2 aromatic rings. The van der Waals surface area contributed by atoms with E-state index in [2.05, 4.69) is 10.6 Å². The van der Waals surface area contributed by atoms with Crippen LogP contribution in [0.15, 0.2) is 54.7 Å². The summed E-state index contributed by atoms with van der Waals surface area (Å²) >= 11 is 5.76. The lowest BCUT2D eigenvalue weighted by atomic mass is 10.2. The maximum Gasteiger partial charge on any atom is 0.323 e. The van der Waals surface area contributed by atoms with Gasteiger partial charge in [-0.05, 0) is 35.9 Å². The lowest BCUT2D eigenvalue weighted by Crippen LogP contribution is -2.24. The number of para-hydroxylation sites is 1. The highest BCUT2D eigenvalue weighted by molar-refractivity contribution is 6.30. The van der Waals surface area contributed by atoms with Crippen LogP contribution in [0.4, 0.5) is 14.9 Å². The van der Waals surface area contributed by atoms with E-state index in [0.29, 0.717) is 5.02 Å². The van der Waals surface area contributed by atoms with Gasteiger partial charge in [0.05, 0.1) is 5.69 Å². The van der Waals surface area contributed by atoms with Crippen molar-refractivity contribution in [2.45, 2.75) is 0 Å².